The number of piperazine rings is 1. The van der Waals surface area contributed by atoms with E-state index in [2.05, 4.69) is 28.0 Å². The van der Waals surface area contributed by atoms with Gasteiger partial charge in [-0.25, -0.2) is 9.97 Å². The van der Waals surface area contributed by atoms with Crippen LogP contribution in [0, 0.1) is 0 Å². The molecular weight excluding hydrogens is 498 g/mol. The summed E-state index contributed by atoms with van der Waals surface area (Å²) in [7, 11) is 3.37. The van der Waals surface area contributed by atoms with E-state index in [4.69, 9.17) is 19.4 Å². The van der Waals surface area contributed by atoms with Crippen LogP contribution < -0.4 is 14.5 Å². The zero-order chi connectivity index (χ0) is 26.3. The fourth-order valence-corrected chi connectivity index (χ4v) is 5.75. The van der Waals surface area contributed by atoms with Crippen LogP contribution in [0.15, 0.2) is 59.8 Å². The number of methoxy groups -OCH3 is 2. The van der Waals surface area contributed by atoms with Crippen molar-refractivity contribution in [2.45, 2.75) is 30.4 Å². The number of carbonyl (C=O) groups excluding carboxylic acids is 1. The van der Waals surface area contributed by atoms with Crippen molar-refractivity contribution in [1.29, 1.82) is 0 Å². The van der Waals surface area contributed by atoms with Crippen molar-refractivity contribution in [3.63, 3.8) is 0 Å². The highest BCUT2D eigenvalue weighted by Gasteiger charge is 2.21. The smallest absolute Gasteiger partial charge is 0.253 e. The minimum Gasteiger partial charge on any atom is -0.497 e. The lowest BCUT2D eigenvalue weighted by molar-refractivity contribution is 0.0792. The zero-order valence-corrected chi connectivity index (χ0v) is 23.0. The molecule has 200 valence electrons. The Hall–Kier alpha value is -3.30. The molecule has 38 heavy (non-hydrogen) atoms. The molecule has 3 heterocycles. The molecule has 5 rings (SSSR count). The van der Waals surface area contributed by atoms with E-state index in [-0.39, 0.29) is 5.91 Å². The van der Waals surface area contributed by atoms with Gasteiger partial charge in [0, 0.05) is 69.4 Å². The molecule has 2 aromatic carbocycles. The molecule has 0 aliphatic carbocycles. The van der Waals surface area contributed by atoms with Crippen LogP contribution in [0.1, 0.15) is 34.5 Å². The maximum Gasteiger partial charge on any atom is 0.253 e. The molecule has 0 radical (unpaired) electrons. The van der Waals surface area contributed by atoms with Gasteiger partial charge < -0.3 is 24.2 Å². The first-order valence-corrected chi connectivity index (χ1v) is 14.1. The molecule has 0 saturated carbocycles. The van der Waals surface area contributed by atoms with Crippen molar-refractivity contribution in [2.24, 2.45) is 0 Å². The first kappa shape index (κ1) is 26.3. The fraction of sp³-hybridized carbons (Fsp3) is 0.414. The molecule has 0 spiro atoms. The fourth-order valence-electron chi connectivity index (χ4n) is 4.94. The van der Waals surface area contributed by atoms with Gasteiger partial charge in [0.05, 0.1) is 19.4 Å². The van der Waals surface area contributed by atoms with Crippen LogP contribution in [0.2, 0.25) is 0 Å². The minimum absolute atomic E-state index is 0.128. The third-order valence-corrected chi connectivity index (χ3v) is 7.93. The van der Waals surface area contributed by atoms with Crippen LogP contribution >= 0.6 is 11.8 Å². The van der Waals surface area contributed by atoms with E-state index in [1.54, 1.807) is 26.0 Å². The van der Waals surface area contributed by atoms with Gasteiger partial charge in [-0.2, -0.15) is 0 Å². The Morgan fingerprint density at radius 3 is 2.34 bits per heavy atom. The van der Waals surface area contributed by atoms with E-state index in [9.17, 15) is 4.79 Å². The summed E-state index contributed by atoms with van der Waals surface area (Å²) in [5, 5.41) is 0.725. The largest absolute Gasteiger partial charge is 0.497 e. The minimum atomic E-state index is 0.128. The number of hydrogen-bond acceptors (Lipinski definition) is 8. The maximum absolute atomic E-state index is 12.8. The number of carbonyl (C=O) groups is 1. The highest BCUT2D eigenvalue weighted by atomic mass is 32.2. The van der Waals surface area contributed by atoms with Crippen molar-refractivity contribution in [1.82, 2.24) is 14.9 Å². The van der Waals surface area contributed by atoms with E-state index < -0.39 is 0 Å². The molecule has 2 aliphatic heterocycles. The molecule has 3 aromatic rings. The molecule has 8 nitrogen and oxygen atoms in total. The molecule has 0 N–H and O–H groups in total. The highest BCUT2D eigenvalue weighted by Crippen LogP contribution is 2.26. The quantitative estimate of drug-likeness (QED) is 0.294. The van der Waals surface area contributed by atoms with Gasteiger partial charge >= 0.3 is 0 Å². The van der Waals surface area contributed by atoms with Gasteiger partial charge in [-0.3, -0.25) is 4.79 Å². The van der Waals surface area contributed by atoms with Crippen LogP contribution in [0.3, 0.4) is 0 Å². The Morgan fingerprint density at radius 1 is 0.895 bits per heavy atom. The van der Waals surface area contributed by atoms with Gasteiger partial charge in [0.25, 0.3) is 5.91 Å². The third-order valence-electron chi connectivity index (χ3n) is 7.01. The monoisotopic (exact) mass is 533 g/mol. The Kier molecular flexibility index (Phi) is 8.65. The lowest BCUT2D eigenvalue weighted by Gasteiger charge is -2.37. The Labute approximate surface area is 229 Å². The van der Waals surface area contributed by atoms with E-state index in [1.165, 1.54) is 5.69 Å². The van der Waals surface area contributed by atoms with Crippen LogP contribution in [-0.2, 0) is 17.1 Å². The number of aromatic nitrogens is 2. The molecule has 0 bridgehead atoms. The average molecular weight is 534 g/mol. The van der Waals surface area contributed by atoms with Crippen molar-refractivity contribution < 1.29 is 14.3 Å². The second-order valence-electron chi connectivity index (χ2n) is 9.59. The number of benzene rings is 2. The van der Waals surface area contributed by atoms with Crippen LogP contribution in [0.25, 0.3) is 0 Å². The summed E-state index contributed by atoms with van der Waals surface area (Å²) in [5.74, 6) is 2.63. The predicted octanol–water partition coefficient (Wildman–Crippen LogP) is 4.49. The summed E-state index contributed by atoms with van der Waals surface area (Å²) < 4.78 is 10.7. The number of amides is 1. The highest BCUT2D eigenvalue weighted by molar-refractivity contribution is 7.98. The summed E-state index contributed by atoms with van der Waals surface area (Å²) >= 11 is 1.59. The SMILES string of the molecule is COCc1cc(N2CCN(c3ccc(OC)cc3)CC2)nc(SCc2cccc(C(=O)N3CCCC3)c2)n1. The lowest BCUT2D eigenvalue weighted by Crippen LogP contribution is -2.46. The summed E-state index contributed by atoms with van der Waals surface area (Å²) in [6, 6.07) is 18.2. The van der Waals surface area contributed by atoms with Crippen LogP contribution in [-0.4, -0.2) is 74.3 Å². The van der Waals surface area contributed by atoms with Crippen LogP contribution in [0.4, 0.5) is 11.5 Å². The number of anilines is 2. The van der Waals surface area contributed by atoms with Crippen LogP contribution in [0.5, 0.6) is 5.75 Å². The van der Waals surface area contributed by atoms with Crippen molar-refractivity contribution >= 4 is 29.2 Å². The molecule has 2 saturated heterocycles. The first-order chi connectivity index (χ1) is 18.6. The maximum atomic E-state index is 12.8. The summed E-state index contributed by atoms with van der Waals surface area (Å²) in [6.07, 6.45) is 2.19. The number of ether oxygens (including phenoxy) is 2. The van der Waals surface area contributed by atoms with E-state index in [0.29, 0.717) is 12.4 Å². The van der Waals surface area contributed by atoms with E-state index in [1.807, 2.05) is 41.3 Å². The molecule has 0 atom stereocenters. The predicted molar refractivity (Wildman–Crippen MR) is 151 cm³/mol. The number of likely N-dealkylation sites (tertiary alicyclic amines) is 1. The van der Waals surface area contributed by atoms with E-state index in [0.717, 1.165) is 85.7 Å². The third kappa shape index (κ3) is 6.39. The molecule has 2 fully saturated rings. The van der Waals surface area contributed by atoms with Gasteiger partial charge in [-0.05, 0) is 54.8 Å². The number of rotatable bonds is 9. The molecule has 1 aromatic heterocycles. The standard InChI is InChI=1S/C29H35N5O3S/c1-36-20-24-19-27(33-16-14-32(15-17-33)25-8-10-26(37-2)11-9-25)31-29(30-24)38-21-22-6-5-7-23(18-22)28(35)34-12-3-4-13-34/h5-11,18-19H,3-4,12-17,20-21H2,1-2H3. The van der Waals surface area contributed by atoms with Crippen molar-refractivity contribution in [3.8, 4) is 5.75 Å². The van der Waals surface area contributed by atoms with Gasteiger partial charge in [0.1, 0.15) is 11.6 Å². The first-order valence-electron chi connectivity index (χ1n) is 13.1. The Morgan fingerprint density at radius 2 is 1.63 bits per heavy atom. The Balaban J connectivity index is 1.24. The number of hydrogen-bond donors (Lipinski definition) is 0. The average Bonchev–Trinajstić information content (AvgIpc) is 3.51. The molecule has 9 heteroatoms. The van der Waals surface area contributed by atoms with Gasteiger partial charge in [0.2, 0.25) is 0 Å². The van der Waals surface area contributed by atoms with Crippen molar-refractivity contribution in [2.75, 3.05) is 63.3 Å². The molecule has 1 amide bonds. The Bertz CT molecular complexity index is 1230. The summed E-state index contributed by atoms with van der Waals surface area (Å²) in [5.41, 5.74) is 3.93. The number of nitrogens with zero attached hydrogens (tertiary/aromatic N) is 5. The normalized spacial score (nSPS) is 15.7. The van der Waals surface area contributed by atoms with E-state index >= 15 is 0 Å². The van der Waals surface area contributed by atoms with Gasteiger partial charge in [-0.15, -0.1) is 0 Å². The second kappa shape index (κ2) is 12.5. The summed E-state index contributed by atoms with van der Waals surface area (Å²) in [4.78, 5) is 29.1. The second-order valence-corrected chi connectivity index (χ2v) is 10.5. The molecule has 0 unspecified atom stereocenters. The molecule has 2 aliphatic rings. The summed E-state index contributed by atoms with van der Waals surface area (Å²) in [6.45, 7) is 5.73. The lowest BCUT2D eigenvalue weighted by atomic mass is 10.1. The number of thioether (sulfide) groups is 1. The van der Waals surface area contributed by atoms with Crippen molar-refractivity contribution in [3.05, 3.63) is 71.4 Å². The van der Waals surface area contributed by atoms with Gasteiger partial charge in [-0.1, -0.05) is 23.9 Å². The van der Waals surface area contributed by atoms with Gasteiger partial charge in [0.15, 0.2) is 5.16 Å². The topological polar surface area (TPSA) is 71.0 Å². The molecular formula is C29H35N5O3S. The zero-order valence-electron chi connectivity index (χ0n) is 22.1.